The zero-order chi connectivity index (χ0) is 23.7. The van der Waals surface area contributed by atoms with Crippen molar-refractivity contribution in [3.8, 4) is 0 Å². The number of piperidine rings is 2. The average Bonchev–Trinajstić information content (AvgIpc) is 3.26. The van der Waals surface area contributed by atoms with Gasteiger partial charge in [0.15, 0.2) is 0 Å². The summed E-state index contributed by atoms with van der Waals surface area (Å²) in [5.41, 5.74) is 3.85. The third kappa shape index (κ3) is 4.56. The zero-order valence-electron chi connectivity index (χ0n) is 20.3. The number of hydrogen-bond donors (Lipinski definition) is 1. The predicted octanol–water partition coefficient (Wildman–Crippen LogP) is 5.22. The Balaban J connectivity index is 1.23. The number of benzene rings is 2. The molecule has 2 fully saturated rings. The van der Waals surface area contributed by atoms with Crippen molar-refractivity contribution in [2.75, 3.05) is 40.3 Å². The van der Waals surface area contributed by atoms with E-state index in [0.717, 1.165) is 62.9 Å². The van der Waals surface area contributed by atoms with E-state index in [9.17, 15) is 4.79 Å². The number of carbonyl (C=O) groups is 1. The Morgan fingerprint density at radius 2 is 1.88 bits per heavy atom. The van der Waals surface area contributed by atoms with Gasteiger partial charge in [-0.15, -0.1) is 0 Å². The average molecular weight is 524 g/mol. The van der Waals surface area contributed by atoms with Gasteiger partial charge in [-0.05, 0) is 75.6 Å². The van der Waals surface area contributed by atoms with Crippen molar-refractivity contribution >= 4 is 32.7 Å². The molecule has 1 unspecified atom stereocenters. The molecular formula is C28H35BrN4O. The SMILES string of the molecule is CN(C)C1(c2ccccc2)CCN(C(=O)C2CCCN(Cc3c[nH]c4ccc(Br)cc34)C2)CC1. The zero-order valence-corrected chi connectivity index (χ0v) is 21.9. The van der Waals surface area contributed by atoms with Crippen LogP contribution in [0.25, 0.3) is 10.9 Å². The van der Waals surface area contributed by atoms with Crippen molar-refractivity contribution in [3.63, 3.8) is 0 Å². The van der Waals surface area contributed by atoms with Gasteiger partial charge in [0, 0.05) is 53.3 Å². The fourth-order valence-corrected chi connectivity index (χ4v) is 6.38. The highest BCUT2D eigenvalue weighted by atomic mass is 79.9. The summed E-state index contributed by atoms with van der Waals surface area (Å²) in [6.07, 6.45) is 6.18. The summed E-state index contributed by atoms with van der Waals surface area (Å²) in [5, 5.41) is 1.26. The number of aromatic nitrogens is 1. The van der Waals surface area contributed by atoms with E-state index >= 15 is 0 Å². The van der Waals surface area contributed by atoms with E-state index in [0.29, 0.717) is 5.91 Å². The molecule has 1 N–H and O–H groups in total. The molecule has 0 aliphatic carbocycles. The number of fused-ring (bicyclic) bond motifs is 1. The van der Waals surface area contributed by atoms with E-state index in [4.69, 9.17) is 0 Å². The second-order valence-electron chi connectivity index (χ2n) is 10.2. The van der Waals surface area contributed by atoms with Crippen LogP contribution in [-0.2, 0) is 16.9 Å². The smallest absolute Gasteiger partial charge is 0.226 e. The quantitative estimate of drug-likeness (QED) is 0.499. The molecule has 6 heteroatoms. The first kappa shape index (κ1) is 23.6. The lowest BCUT2D eigenvalue weighted by molar-refractivity contribution is -0.140. The number of nitrogens with zero attached hydrogens (tertiary/aromatic N) is 3. The molecule has 0 radical (unpaired) electrons. The van der Waals surface area contributed by atoms with Crippen LogP contribution in [0.1, 0.15) is 36.8 Å². The molecule has 5 rings (SSSR count). The molecule has 34 heavy (non-hydrogen) atoms. The highest BCUT2D eigenvalue weighted by Crippen LogP contribution is 2.38. The monoisotopic (exact) mass is 522 g/mol. The van der Waals surface area contributed by atoms with Gasteiger partial charge < -0.3 is 9.88 Å². The summed E-state index contributed by atoms with van der Waals surface area (Å²) in [6.45, 7) is 4.46. The van der Waals surface area contributed by atoms with Crippen molar-refractivity contribution in [2.24, 2.45) is 5.92 Å². The Hall–Kier alpha value is -2.15. The molecule has 0 bridgehead atoms. The number of hydrogen-bond acceptors (Lipinski definition) is 3. The van der Waals surface area contributed by atoms with Crippen LogP contribution < -0.4 is 0 Å². The van der Waals surface area contributed by atoms with E-state index in [2.05, 4.69) is 104 Å². The molecule has 0 saturated carbocycles. The molecular weight excluding hydrogens is 488 g/mol. The first-order valence-corrected chi connectivity index (χ1v) is 13.3. The van der Waals surface area contributed by atoms with Crippen molar-refractivity contribution in [2.45, 2.75) is 37.8 Å². The summed E-state index contributed by atoms with van der Waals surface area (Å²) in [6, 6.07) is 17.2. The molecule has 1 aromatic heterocycles. The van der Waals surface area contributed by atoms with Crippen LogP contribution in [0.5, 0.6) is 0 Å². The minimum atomic E-state index is 0.0141. The molecule has 2 aliphatic heterocycles. The Kier molecular flexibility index (Phi) is 6.83. The minimum absolute atomic E-state index is 0.0141. The van der Waals surface area contributed by atoms with Gasteiger partial charge in [0.25, 0.3) is 0 Å². The van der Waals surface area contributed by atoms with Gasteiger partial charge >= 0.3 is 0 Å². The molecule has 3 aromatic rings. The number of nitrogens with one attached hydrogen (secondary N) is 1. The molecule has 0 spiro atoms. The van der Waals surface area contributed by atoms with Gasteiger partial charge in [0.1, 0.15) is 0 Å². The minimum Gasteiger partial charge on any atom is -0.361 e. The lowest BCUT2D eigenvalue weighted by Crippen LogP contribution is -2.54. The molecule has 3 heterocycles. The van der Waals surface area contributed by atoms with Gasteiger partial charge in [-0.2, -0.15) is 0 Å². The molecule has 180 valence electrons. The largest absolute Gasteiger partial charge is 0.361 e. The molecule has 2 saturated heterocycles. The summed E-state index contributed by atoms with van der Waals surface area (Å²) < 4.78 is 1.10. The standard InChI is InChI=1S/C28H35BrN4O/c1-31(2)28(23-8-4-3-5-9-23)12-15-33(16-13-28)27(34)21-7-6-14-32(19-21)20-22-18-30-26-11-10-24(29)17-25(22)26/h3-5,8-11,17-18,21,30H,6-7,12-16,19-20H2,1-2H3. The number of H-pyrrole nitrogens is 1. The van der Waals surface area contributed by atoms with Gasteiger partial charge in [-0.25, -0.2) is 0 Å². The molecule has 1 amide bonds. The highest BCUT2D eigenvalue weighted by molar-refractivity contribution is 9.10. The Bertz CT molecular complexity index is 1130. The van der Waals surface area contributed by atoms with Crippen molar-refractivity contribution in [3.05, 3.63) is 70.3 Å². The van der Waals surface area contributed by atoms with Crippen LogP contribution in [0.4, 0.5) is 0 Å². The molecule has 5 nitrogen and oxygen atoms in total. The second-order valence-corrected chi connectivity index (χ2v) is 11.1. The lowest BCUT2D eigenvalue weighted by atomic mass is 9.79. The maximum Gasteiger partial charge on any atom is 0.226 e. The van der Waals surface area contributed by atoms with E-state index < -0.39 is 0 Å². The van der Waals surface area contributed by atoms with Crippen LogP contribution in [0.15, 0.2) is 59.2 Å². The van der Waals surface area contributed by atoms with Gasteiger partial charge in [0.05, 0.1) is 5.92 Å². The normalized spacial score (nSPS) is 21.3. The fourth-order valence-electron chi connectivity index (χ4n) is 6.02. The van der Waals surface area contributed by atoms with Crippen LogP contribution in [0.3, 0.4) is 0 Å². The fraction of sp³-hybridized carbons (Fsp3) is 0.464. The summed E-state index contributed by atoms with van der Waals surface area (Å²) in [5.74, 6) is 0.459. The summed E-state index contributed by atoms with van der Waals surface area (Å²) >= 11 is 3.60. The Morgan fingerprint density at radius 1 is 1.12 bits per heavy atom. The summed E-state index contributed by atoms with van der Waals surface area (Å²) in [4.78, 5) is 23.9. The van der Waals surface area contributed by atoms with E-state index in [1.807, 2.05) is 0 Å². The van der Waals surface area contributed by atoms with E-state index in [1.165, 1.54) is 22.0 Å². The van der Waals surface area contributed by atoms with Crippen molar-refractivity contribution in [1.82, 2.24) is 19.7 Å². The number of amides is 1. The number of aromatic amines is 1. The number of rotatable bonds is 5. The van der Waals surface area contributed by atoms with Gasteiger partial charge in [-0.1, -0.05) is 46.3 Å². The third-order valence-electron chi connectivity index (χ3n) is 8.05. The number of halogens is 1. The van der Waals surface area contributed by atoms with Crippen LogP contribution in [0, 0.1) is 5.92 Å². The molecule has 1 atom stereocenters. The van der Waals surface area contributed by atoms with E-state index in [1.54, 1.807) is 0 Å². The van der Waals surface area contributed by atoms with Gasteiger partial charge in [0.2, 0.25) is 5.91 Å². The second kappa shape index (κ2) is 9.84. The maximum atomic E-state index is 13.5. The Morgan fingerprint density at radius 3 is 2.62 bits per heavy atom. The Labute approximate surface area is 211 Å². The lowest BCUT2D eigenvalue weighted by Gasteiger charge is -2.47. The summed E-state index contributed by atoms with van der Waals surface area (Å²) in [7, 11) is 4.35. The topological polar surface area (TPSA) is 42.6 Å². The van der Waals surface area contributed by atoms with Crippen LogP contribution in [-0.4, -0.2) is 65.9 Å². The number of likely N-dealkylation sites (tertiary alicyclic amines) is 2. The third-order valence-corrected chi connectivity index (χ3v) is 8.54. The highest BCUT2D eigenvalue weighted by Gasteiger charge is 2.40. The van der Waals surface area contributed by atoms with Crippen molar-refractivity contribution < 1.29 is 4.79 Å². The molecule has 2 aliphatic rings. The van der Waals surface area contributed by atoms with Gasteiger partial charge in [-0.3, -0.25) is 14.6 Å². The van der Waals surface area contributed by atoms with Crippen LogP contribution >= 0.6 is 15.9 Å². The van der Waals surface area contributed by atoms with Crippen molar-refractivity contribution in [1.29, 1.82) is 0 Å². The maximum absolute atomic E-state index is 13.5. The van der Waals surface area contributed by atoms with Crippen LogP contribution in [0.2, 0.25) is 0 Å². The first-order valence-electron chi connectivity index (χ1n) is 12.5. The van der Waals surface area contributed by atoms with E-state index in [-0.39, 0.29) is 11.5 Å². The number of carbonyl (C=O) groups excluding carboxylic acids is 1. The first-order chi connectivity index (χ1) is 16.5. The predicted molar refractivity (Wildman–Crippen MR) is 142 cm³/mol. The molecule has 2 aromatic carbocycles.